The minimum atomic E-state index is -2.80. The lowest BCUT2D eigenvalue weighted by Gasteiger charge is -2.11. The molecule has 1 fully saturated rings. The van der Waals surface area contributed by atoms with E-state index in [1.165, 1.54) is 0 Å². The van der Waals surface area contributed by atoms with Crippen LogP contribution < -0.4 is 5.32 Å². The maximum atomic E-state index is 11.4. The zero-order valence-corrected chi connectivity index (χ0v) is 12.0. The van der Waals surface area contributed by atoms with E-state index < -0.39 is 9.84 Å². The van der Waals surface area contributed by atoms with E-state index >= 15 is 0 Å². The first-order valence-electron chi connectivity index (χ1n) is 6.33. The third kappa shape index (κ3) is 3.11. The van der Waals surface area contributed by atoms with E-state index in [1.807, 2.05) is 17.9 Å². The molecule has 0 aliphatic carbocycles. The van der Waals surface area contributed by atoms with Crippen molar-refractivity contribution in [2.75, 3.05) is 11.5 Å². The van der Waals surface area contributed by atoms with Crippen LogP contribution in [0.25, 0.3) is 0 Å². The monoisotopic (exact) mass is 271 g/mol. The molecule has 1 aromatic heterocycles. The second kappa shape index (κ2) is 5.01. The predicted octanol–water partition coefficient (Wildman–Crippen LogP) is 0.820. The minimum Gasteiger partial charge on any atom is -0.309 e. The molecule has 2 rings (SSSR count). The number of nitrogens with zero attached hydrogens (tertiary/aromatic N) is 2. The largest absolute Gasteiger partial charge is 0.309 e. The van der Waals surface area contributed by atoms with Gasteiger partial charge in [0.1, 0.15) is 0 Å². The van der Waals surface area contributed by atoms with E-state index in [4.69, 9.17) is 0 Å². The maximum Gasteiger partial charge on any atom is 0.151 e. The third-order valence-corrected chi connectivity index (χ3v) is 5.07. The normalized spacial score (nSPS) is 22.8. The zero-order chi connectivity index (χ0) is 13.3. The SMILES string of the molecule is CC(C)c1nn(C)cc1CNC1CCS(=O)(=O)C1. The summed E-state index contributed by atoms with van der Waals surface area (Å²) in [5.41, 5.74) is 2.25. The van der Waals surface area contributed by atoms with Crippen LogP contribution in [0.5, 0.6) is 0 Å². The number of aromatic nitrogens is 2. The van der Waals surface area contributed by atoms with Gasteiger partial charge in [0.15, 0.2) is 9.84 Å². The summed E-state index contributed by atoms with van der Waals surface area (Å²) in [6, 6.07) is 0.0928. The van der Waals surface area contributed by atoms with Crippen LogP contribution in [0.1, 0.15) is 37.4 Å². The molecule has 6 heteroatoms. The third-order valence-electron chi connectivity index (χ3n) is 3.30. The molecule has 18 heavy (non-hydrogen) atoms. The van der Waals surface area contributed by atoms with Crippen LogP contribution in [-0.4, -0.2) is 35.7 Å². The lowest BCUT2D eigenvalue weighted by molar-refractivity contribution is 0.551. The van der Waals surface area contributed by atoms with Crippen LogP contribution in [0.4, 0.5) is 0 Å². The maximum absolute atomic E-state index is 11.4. The Labute approximate surface area is 108 Å². The lowest BCUT2D eigenvalue weighted by Crippen LogP contribution is -2.29. The number of aryl methyl sites for hydroxylation is 1. The van der Waals surface area contributed by atoms with E-state index in [9.17, 15) is 8.42 Å². The topological polar surface area (TPSA) is 64.0 Å². The van der Waals surface area contributed by atoms with E-state index in [0.29, 0.717) is 18.2 Å². The molecule has 1 atom stereocenters. The predicted molar refractivity (Wildman–Crippen MR) is 71.2 cm³/mol. The molecular formula is C12H21N3O2S. The van der Waals surface area contributed by atoms with Crippen LogP contribution in [0.15, 0.2) is 6.20 Å². The molecule has 0 aromatic carbocycles. The van der Waals surface area contributed by atoms with Gasteiger partial charge in [-0.1, -0.05) is 13.8 Å². The number of nitrogens with one attached hydrogen (secondary N) is 1. The fourth-order valence-electron chi connectivity index (χ4n) is 2.39. The average molecular weight is 271 g/mol. The first-order valence-corrected chi connectivity index (χ1v) is 8.16. The molecule has 1 aromatic rings. The number of rotatable bonds is 4. The van der Waals surface area contributed by atoms with E-state index in [-0.39, 0.29) is 11.8 Å². The molecule has 0 bridgehead atoms. The summed E-state index contributed by atoms with van der Waals surface area (Å²) >= 11 is 0. The Hall–Kier alpha value is -0.880. The van der Waals surface area contributed by atoms with Gasteiger partial charge in [-0.15, -0.1) is 0 Å². The van der Waals surface area contributed by atoms with Crippen molar-refractivity contribution in [3.63, 3.8) is 0 Å². The Bertz CT molecular complexity index is 519. The van der Waals surface area contributed by atoms with Crippen molar-refractivity contribution < 1.29 is 8.42 Å². The van der Waals surface area contributed by atoms with Crippen molar-refractivity contribution in [3.8, 4) is 0 Å². The van der Waals surface area contributed by atoms with Gasteiger partial charge in [0.25, 0.3) is 0 Å². The van der Waals surface area contributed by atoms with Gasteiger partial charge in [-0.05, 0) is 12.3 Å². The minimum absolute atomic E-state index is 0.0928. The molecule has 0 amide bonds. The molecule has 5 nitrogen and oxygen atoms in total. The van der Waals surface area contributed by atoms with E-state index in [0.717, 1.165) is 17.7 Å². The van der Waals surface area contributed by atoms with Gasteiger partial charge in [0, 0.05) is 31.4 Å². The van der Waals surface area contributed by atoms with Crippen molar-refractivity contribution in [3.05, 3.63) is 17.5 Å². The highest BCUT2D eigenvalue weighted by Gasteiger charge is 2.27. The van der Waals surface area contributed by atoms with Gasteiger partial charge in [0.2, 0.25) is 0 Å². The summed E-state index contributed by atoms with van der Waals surface area (Å²) in [4.78, 5) is 0. The first kappa shape index (κ1) is 13.5. The molecule has 1 saturated heterocycles. The summed E-state index contributed by atoms with van der Waals surface area (Å²) in [5, 5.41) is 7.77. The second-order valence-corrected chi connectivity index (χ2v) is 7.58. The summed E-state index contributed by atoms with van der Waals surface area (Å²) in [6.07, 6.45) is 2.73. The van der Waals surface area contributed by atoms with Crippen molar-refractivity contribution in [2.24, 2.45) is 7.05 Å². The highest BCUT2D eigenvalue weighted by atomic mass is 32.2. The van der Waals surface area contributed by atoms with E-state index in [1.54, 1.807) is 0 Å². The smallest absolute Gasteiger partial charge is 0.151 e. The molecule has 102 valence electrons. The Morgan fingerprint density at radius 2 is 2.28 bits per heavy atom. The van der Waals surface area contributed by atoms with Crippen molar-refractivity contribution in [2.45, 2.75) is 38.8 Å². The fraction of sp³-hybridized carbons (Fsp3) is 0.750. The molecule has 0 radical (unpaired) electrons. The molecule has 1 aliphatic rings. The second-order valence-electron chi connectivity index (χ2n) is 5.35. The standard InChI is InChI=1S/C12H21N3O2S/c1-9(2)12-10(7-15(3)14-12)6-13-11-4-5-18(16,17)8-11/h7,9,11,13H,4-6,8H2,1-3H3. The number of hydrogen-bond donors (Lipinski definition) is 1. The number of sulfone groups is 1. The Morgan fingerprint density at radius 1 is 1.56 bits per heavy atom. The highest BCUT2D eigenvalue weighted by Crippen LogP contribution is 2.18. The Morgan fingerprint density at radius 3 is 2.83 bits per heavy atom. The van der Waals surface area contributed by atoms with E-state index in [2.05, 4.69) is 24.3 Å². The quantitative estimate of drug-likeness (QED) is 0.880. The van der Waals surface area contributed by atoms with Crippen molar-refractivity contribution in [1.29, 1.82) is 0 Å². The zero-order valence-electron chi connectivity index (χ0n) is 11.2. The molecule has 1 N–H and O–H groups in total. The van der Waals surface area contributed by atoms with Crippen LogP contribution in [0.3, 0.4) is 0 Å². The molecule has 0 spiro atoms. The molecular weight excluding hydrogens is 250 g/mol. The average Bonchev–Trinajstić information content (AvgIpc) is 2.78. The summed E-state index contributed by atoms with van der Waals surface area (Å²) < 4.78 is 24.6. The molecule has 1 unspecified atom stereocenters. The molecule has 1 aliphatic heterocycles. The van der Waals surface area contributed by atoms with Crippen LogP contribution in [-0.2, 0) is 23.4 Å². The van der Waals surface area contributed by atoms with Gasteiger partial charge < -0.3 is 5.32 Å². The lowest BCUT2D eigenvalue weighted by atomic mass is 10.1. The molecule has 2 heterocycles. The Kier molecular flexibility index (Phi) is 3.77. The summed E-state index contributed by atoms with van der Waals surface area (Å²) in [5.74, 6) is 0.967. The Balaban J connectivity index is 1.98. The number of hydrogen-bond acceptors (Lipinski definition) is 4. The summed E-state index contributed by atoms with van der Waals surface area (Å²) in [6.45, 7) is 4.93. The van der Waals surface area contributed by atoms with Crippen LogP contribution in [0, 0.1) is 0 Å². The van der Waals surface area contributed by atoms with Gasteiger partial charge >= 0.3 is 0 Å². The van der Waals surface area contributed by atoms with Crippen molar-refractivity contribution >= 4 is 9.84 Å². The van der Waals surface area contributed by atoms with Crippen molar-refractivity contribution in [1.82, 2.24) is 15.1 Å². The van der Waals surface area contributed by atoms with Crippen LogP contribution in [0.2, 0.25) is 0 Å². The van der Waals surface area contributed by atoms with Gasteiger partial charge in [-0.2, -0.15) is 5.10 Å². The molecule has 0 saturated carbocycles. The van der Waals surface area contributed by atoms with Gasteiger partial charge in [-0.3, -0.25) is 4.68 Å². The van der Waals surface area contributed by atoms with Gasteiger partial charge in [0.05, 0.1) is 17.2 Å². The first-order chi connectivity index (χ1) is 8.37. The van der Waals surface area contributed by atoms with Gasteiger partial charge in [-0.25, -0.2) is 8.42 Å². The summed E-state index contributed by atoms with van der Waals surface area (Å²) in [7, 11) is -0.892. The van der Waals surface area contributed by atoms with Crippen LogP contribution >= 0.6 is 0 Å². The fourth-order valence-corrected chi connectivity index (χ4v) is 4.10. The highest BCUT2D eigenvalue weighted by molar-refractivity contribution is 7.91.